The Morgan fingerprint density at radius 1 is 1.17 bits per heavy atom. The van der Waals surface area contributed by atoms with Crippen LogP contribution in [0.2, 0.25) is 0 Å². The van der Waals surface area contributed by atoms with E-state index < -0.39 is 10.0 Å². The molecule has 1 aromatic rings. The average molecular weight is 352 g/mol. The van der Waals surface area contributed by atoms with Gasteiger partial charge in [0.15, 0.2) is 0 Å². The summed E-state index contributed by atoms with van der Waals surface area (Å²) in [6.07, 6.45) is 0.878. The van der Waals surface area contributed by atoms with Crippen molar-refractivity contribution in [3.8, 4) is 0 Å². The number of anilines is 1. The highest BCUT2D eigenvalue weighted by atomic mass is 32.2. The van der Waals surface area contributed by atoms with Crippen molar-refractivity contribution in [3.63, 3.8) is 0 Å². The largest absolute Gasteiger partial charge is 0.326 e. The van der Waals surface area contributed by atoms with Crippen LogP contribution in [0.1, 0.15) is 13.3 Å². The Labute approximate surface area is 143 Å². The summed E-state index contributed by atoms with van der Waals surface area (Å²) in [5, 5.41) is 5.96. The van der Waals surface area contributed by atoms with E-state index in [9.17, 15) is 13.2 Å². The van der Waals surface area contributed by atoms with Crippen LogP contribution in [0.4, 0.5) is 5.69 Å². The van der Waals surface area contributed by atoms with E-state index in [-0.39, 0.29) is 10.8 Å². The summed E-state index contributed by atoms with van der Waals surface area (Å²) < 4.78 is 27.2. The van der Waals surface area contributed by atoms with Gasteiger partial charge in [0.1, 0.15) is 0 Å². The van der Waals surface area contributed by atoms with Crippen molar-refractivity contribution in [2.24, 2.45) is 0 Å². The van der Waals surface area contributed by atoms with Gasteiger partial charge in [-0.05, 0) is 30.7 Å². The molecule has 2 saturated heterocycles. The summed E-state index contributed by atoms with van der Waals surface area (Å²) in [7, 11) is -3.48. The van der Waals surface area contributed by atoms with Crippen molar-refractivity contribution in [3.05, 3.63) is 24.3 Å². The van der Waals surface area contributed by atoms with E-state index in [0.29, 0.717) is 24.8 Å². The lowest BCUT2D eigenvalue weighted by Crippen LogP contribution is -2.49. The van der Waals surface area contributed by atoms with Crippen molar-refractivity contribution in [2.45, 2.75) is 24.3 Å². The zero-order valence-corrected chi connectivity index (χ0v) is 14.7. The number of piperazine rings is 1. The third-order valence-electron chi connectivity index (χ3n) is 4.61. The summed E-state index contributed by atoms with van der Waals surface area (Å²) in [4.78, 5) is 13.7. The smallest absolute Gasteiger partial charge is 0.243 e. The van der Waals surface area contributed by atoms with E-state index in [1.54, 1.807) is 28.6 Å². The first-order chi connectivity index (χ1) is 11.5. The molecule has 3 rings (SSSR count). The third-order valence-corrected chi connectivity index (χ3v) is 6.49. The number of carbonyl (C=O) groups excluding carboxylic acids is 1. The van der Waals surface area contributed by atoms with Crippen LogP contribution in [0, 0.1) is 0 Å². The number of nitrogens with zero attached hydrogens (tertiary/aromatic N) is 2. The first-order valence-corrected chi connectivity index (χ1v) is 9.73. The Balaban J connectivity index is 1.68. The predicted octanol–water partition coefficient (Wildman–Crippen LogP) is 0.313. The lowest BCUT2D eigenvalue weighted by atomic mass is 10.2. The maximum absolute atomic E-state index is 12.8. The number of hydrogen-bond acceptors (Lipinski definition) is 5. The van der Waals surface area contributed by atoms with Crippen LogP contribution in [0.15, 0.2) is 29.2 Å². The number of hydrogen-bond donors (Lipinski definition) is 2. The summed E-state index contributed by atoms with van der Waals surface area (Å²) in [5.41, 5.74) is 0.599. The minimum Gasteiger partial charge on any atom is -0.326 e. The molecule has 24 heavy (non-hydrogen) atoms. The molecule has 2 heterocycles. The molecule has 2 N–H and O–H groups in total. The molecule has 1 unspecified atom stereocenters. The highest BCUT2D eigenvalue weighted by Crippen LogP contribution is 2.24. The fourth-order valence-corrected chi connectivity index (χ4v) is 4.83. The molecule has 1 aromatic carbocycles. The Kier molecular flexibility index (Phi) is 5.19. The monoisotopic (exact) mass is 352 g/mol. The molecule has 0 aliphatic carbocycles. The van der Waals surface area contributed by atoms with E-state index in [2.05, 4.69) is 15.5 Å². The maximum Gasteiger partial charge on any atom is 0.243 e. The maximum atomic E-state index is 12.8. The van der Waals surface area contributed by atoms with Crippen LogP contribution in [-0.2, 0) is 14.8 Å². The van der Waals surface area contributed by atoms with Crippen molar-refractivity contribution < 1.29 is 13.2 Å². The molecule has 8 heteroatoms. The Morgan fingerprint density at radius 2 is 1.83 bits per heavy atom. The highest BCUT2D eigenvalue weighted by Gasteiger charge is 2.35. The minimum absolute atomic E-state index is 0.177. The van der Waals surface area contributed by atoms with Gasteiger partial charge in [0.2, 0.25) is 15.9 Å². The molecular formula is C16H24N4O3S. The molecule has 2 aliphatic heterocycles. The Hall–Kier alpha value is -1.48. The van der Waals surface area contributed by atoms with Gasteiger partial charge >= 0.3 is 0 Å². The van der Waals surface area contributed by atoms with E-state index in [1.165, 1.54) is 6.92 Å². The second kappa shape index (κ2) is 7.18. The Morgan fingerprint density at radius 3 is 2.46 bits per heavy atom. The van der Waals surface area contributed by atoms with Gasteiger partial charge in [-0.25, -0.2) is 8.42 Å². The first kappa shape index (κ1) is 17.3. The second-order valence-electron chi connectivity index (χ2n) is 6.30. The molecule has 0 spiro atoms. The van der Waals surface area contributed by atoms with E-state index in [4.69, 9.17) is 0 Å². The van der Waals surface area contributed by atoms with Crippen LogP contribution in [-0.4, -0.2) is 68.8 Å². The highest BCUT2D eigenvalue weighted by molar-refractivity contribution is 7.89. The zero-order chi connectivity index (χ0) is 17.2. The summed E-state index contributed by atoms with van der Waals surface area (Å²) in [6.45, 7) is 6.42. The molecule has 2 fully saturated rings. The van der Waals surface area contributed by atoms with Crippen LogP contribution < -0.4 is 10.6 Å². The van der Waals surface area contributed by atoms with Gasteiger partial charge < -0.3 is 10.6 Å². The van der Waals surface area contributed by atoms with E-state index in [1.807, 2.05) is 0 Å². The van der Waals surface area contributed by atoms with Crippen molar-refractivity contribution in [1.29, 1.82) is 0 Å². The first-order valence-electron chi connectivity index (χ1n) is 8.29. The fourth-order valence-electron chi connectivity index (χ4n) is 3.34. The molecule has 1 amide bonds. The summed E-state index contributed by atoms with van der Waals surface area (Å²) >= 11 is 0. The van der Waals surface area contributed by atoms with E-state index >= 15 is 0 Å². The second-order valence-corrected chi connectivity index (χ2v) is 8.24. The van der Waals surface area contributed by atoms with Crippen LogP contribution in [0.5, 0.6) is 0 Å². The number of carbonyl (C=O) groups is 1. The number of amides is 1. The molecule has 0 aromatic heterocycles. The molecule has 0 bridgehead atoms. The molecule has 2 aliphatic rings. The molecule has 1 atom stereocenters. The van der Waals surface area contributed by atoms with E-state index in [0.717, 1.165) is 32.6 Å². The topological polar surface area (TPSA) is 81.8 Å². The Bertz CT molecular complexity index is 684. The number of benzene rings is 1. The number of nitrogens with one attached hydrogen (secondary N) is 2. The molecular weight excluding hydrogens is 328 g/mol. The third kappa shape index (κ3) is 3.77. The van der Waals surface area contributed by atoms with Crippen LogP contribution in [0.25, 0.3) is 0 Å². The van der Waals surface area contributed by atoms with Crippen LogP contribution >= 0.6 is 0 Å². The quantitative estimate of drug-likeness (QED) is 0.815. The van der Waals surface area contributed by atoms with Gasteiger partial charge in [-0.15, -0.1) is 0 Å². The van der Waals surface area contributed by atoms with Crippen molar-refractivity contribution in [1.82, 2.24) is 14.5 Å². The summed E-state index contributed by atoms with van der Waals surface area (Å²) in [6, 6.07) is 6.66. The molecule has 0 saturated carbocycles. The SMILES string of the molecule is CC(=O)Nc1ccc(S(=O)(=O)N2CCC(N3CCNCC3)C2)cc1. The standard InChI is InChI=1S/C16H24N4O3S/c1-13(21)18-14-2-4-16(5-3-14)24(22,23)20-9-6-15(12-20)19-10-7-17-8-11-19/h2-5,15,17H,6-12H2,1H3,(H,18,21). The number of rotatable bonds is 4. The minimum atomic E-state index is -3.48. The van der Waals surface area contributed by atoms with Crippen molar-refractivity contribution >= 4 is 21.6 Å². The molecule has 132 valence electrons. The van der Waals surface area contributed by atoms with Gasteiger partial charge in [-0.3, -0.25) is 9.69 Å². The normalized spacial score (nSPS) is 23.3. The lowest BCUT2D eigenvalue weighted by Gasteiger charge is -2.32. The van der Waals surface area contributed by atoms with Gasteiger partial charge in [0, 0.05) is 57.9 Å². The molecule has 0 radical (unpaired) electrons. The molecule has 7 nitrogen and oxygen atoms in total. The number of sulfonamides is 1. The van der Waals surface area contributed by atoms with Crippen LogP contribution in [0.3, 0.4) is 0 Å². The van der Waals surface area contributed by atoms with Gasteiger partial charge in [-0.1, -0.05) is 0 Å². The van der Waals surface area contributed by atoms with Crippen molar-refractivity contribution in [2.75, 3.05) is 44.6 Å². The van der Waals surface area contributed by atoms with Gasteiger partial charge in [0.25, 0.3) is 0 Å². The zero-order valence-electron chi connectivity index (χ0n) is 13.9. The van der Waals surface area contributed by atoms with Gasteiger partial charge in [-0.2, -0.15) is 4.31 Å². The summed E-state index contributed by atoms with van der Waals surface area (Å²) in [5.74, 6) is -0.177. The predicted molar refractivity (Wildman–Crippen MR) is 92.4 cm³/mol. The lowest BCUT2D eigenvalue weighted by molar-refractivity contribution is -0.114. The fraction of sp³-hybridized carbons (Fsp3) is 0.562. The average Bonchev–Trinajstić information content (AvgIpc) is 3.06. The van der Waals surface area contributed by atoms with Gasteiger partial charge in [0.05, 0.1) is 4.90 Å².